The molecule has 4 heteroatoms. The van der Waals surface area contributed by atoms with Crippen molar-refractivity contribution in [3.8, 4) is 0 Å². The zero-order valence-electron chi connectivity index (χ0n) is 9.81. The lowest BCUT2D eigenvalue weighted by molar-refractivity contribution is 0.159. The Hall–Kier alpha value is -0.0900. The van der Waals surface area contributed by atoms with Crippen LogP contribution >= 0.6 is 0 Å². The standard InChI is InChI=1S/C11H21NO2S/c1-8(2)9-6-10-4-5-11(7-9)12(10)15(3,13)14/h8-11H,4-7H2,1-3H3/t9-,10-,11+. The molecule has 2 heterocycles. The summed E-state index contributed by atoms with van der Waals surface area (Å²) in [4.78, 5) is 0. The van der Waals surface area contributed by atoms with E-state index in [4.69, 9.17) is 0 Å². The van der Waals surface area contributed by atoms with E-state index in [0.29, 0.717) is 18.0 Å². The molecule has 88 valence electrons. The first-order valence-corrected chi connectivity index (χ1v) is 7.73. The fourth-order valence-electron chi connectivity index (χ4n) is 3.26. The maximum absolute atomic E-state index is 11.6. The van der Waals surface area contributed by atoms with E-state index in [1.54, 1.807) is 4.31 Å². The van der Waals surface area contributed by atoms with Crippen LogP contribution < -0.4 is 0 Å². The van der Waals surface area contributed by atoms with E-state index in [0.717, 1.165) is 31.6 Å². The highest BCUT2D eigenvalue weighted by atomic mass is 32.2. The van der Waals surface area contributed by atoms with Crippen molar-refractivity contribution in [1.29, 1.82) is 0 Å². The summed E-state index contributed by atoms with van der Waals surface area (Å²) >= 11 is 0. The lowest BCUT2D eigenvalue weighted by Gasteiger charge is -2.38. The normalized spacial score (nSPS) is 37.5. The van der Waals surface area contributed by atoms with Gasteiger partial charge in [0.25, 0.3) is 0 Å². The Labute approximate surface area is 92.9 Å². The SMILES string of the molecule is CC(C)[C@@H]1C[C@H]2CC[C@@H](C1)N2S(C)(=O)=O. The second kappa shape index (κ2) is 3.74. The van der Waals surface area contributed by atoms with Gasteiger partial charge in [-0.05, 0) is 37.5 Å². The molecule has 0 radical (unpaired) electrons. The van der Waals surface area contributed by atoms with Crippen molar-refractivity contribution in [3.63, 3.8) is 0 Å². The highest BCUT2D eigenvalue weighted by Gasteiger charge is 2.45. The molecule has 3 atom stereocenters. The van der Waals surface area contributed by atoms with Crippen molar-refractivity contribution >= 4 is 10.0 Å². The van der Waals surface area contributed by atoms with Crippen molar-refractivity contribution in [3.05, 3.63) is 0 Å². The van der Waals surface area contributed by atoms with Crippen LogP contribution in [-0.4, -0.2) is 31.1 Å². The molecule has 3 nitrogen and oxygen atoms in total. The predicted octanol–water partition coefficient (Wildman–Crippen LogP) is 1.85. The van der Waals surface area contributed by atoms with E-state index in [1.807, 2.05) is 0 Å². The Balaban J connectivity index is 2.17. The molecule has 2 aliphatic rings. The third-order valence-electron chi connectivity index (χ3n) is 4.03. The van der Waals surface area contributed by atoms with E-state index in [1.165, 1.54) is 6.26 Å². The maximum atomic E-state index is 11.6. The summed E-state index contributed by atoms with van der Waals surface area (Å²) < 4.78 is 25.1. The molecule has 2 rings (SSSR count). The summed E-state index contributed by atoms with van der Waals surface area (Å²) in [5.41, 5.74) is 0. The number of hydrogen-bond acceptors (Lipinski definition) is 2. The molecule has 0 spiro atoms. The zero-order chi connectivity index (χ0) is 11.2. The lowest BCUT2D eigenvalue weighted by Crippen LogP contribution is -2.46. The largest absolute Gasteiger partial charge is 0.212 e. The fourth-order valence-corrected chi connectivity index (χ4v) is 4.73. The number of sulfonamides is 1. The summed E-state index contributed by atoms with van der Waals surface area (Å²) in [6.07, 6.45) is 5.64. The van der Waals surface area contributed by atoms with Crippen LogP contribution in [0.15, 0.2) is 0 Å². The van der Waals surface area contributed by atoms with Gasteiger partial charge >= 0.3 is 0 Å². The minimum absolute atomic E-state index is 0.297. The van der Waals surface area contributed by atoms with Crippen molar-refractivity contribution in [2.45, 2.75) is 51.6 Å². The summed E-state index contributed by atoms with van der Waals surface area (Å²) in [6.45, 7) is 4.50. The van der Waals surface area contributed by atoms with Crippen LogP contribution in [0, 0.1) is 11.8 Å². The van der Waals surface area contributed by atoms with Crippen LogP contribution in [0.2, 0.25) is 0 Å². The highest BCUT2D eigenvalue weighted by Crippen LogP contribution is 2.42. The Bertz CT molecular complexity index is 322. The molecule has 0 saturated carbocycles. The molecule has 0 aromatic carbocycles. The molecular weight excluding hydrogens is 210 g/mol. The first kappa shape index (κ1) is 11.4. The van der Waals surface area contributed by atoms with Crippen LogP contribution in [0.4, 0.5) is 0 Å². The molecule has 0 amide bonds. The maximum Gasteiger partial charge on any atom is 0.211 e. The smallest absolute Gasteiger partial charge is 0.211 e. The quantitative estimate of drug-likeness (QED) is 0.727. The lowest BCUT2D eigenvalue weighted by atomic mass is 9.84. The van der Waals surface area contributed by atoms with Gasteiger partial charge in [-0.25, -0.2) is 8.42 Å². The van der Waals surface area contributed by atoms with Gasteiger partial charge in [0, 0.05) is 12.1 Å². The molecule has 2 aliphatic heterocycles. The number of rotatable bonds is 2. The third kappa shape index (κ3) is 2.07. The summed E-state index contributed by atoms with van der Waals surface area (Å²) in [6, 6.07) is 0.595. The second-order valence-electron chi connectivity index (χ2n) is 5.45. The predicted molar refractivity (Wildman–Crippen MR) is 61.1 cm³/mol. The van der Waals surface area contributed by atoms with Crippen molar-refractivity contribution in [2.24, 2.45) is 11.8 Å². The fraction of sp³-hybridized carbons (Fsp3) is 1.00. The highest BCUT2D eigenvalue weighted by molar-refractivity contribution is 7.88. The van der Waals surface area contributed by atoms with Crippen LogP contribution in [0.25, 0.3) is 0 Å². The molecule has 0 aromatic heterocycles. The van der Waals surface area contributed by atoms with Gasteiger partial charge in [0.05, 0.1) is 6.26 Å². The van der Waals surface area contributed by atoms with Gasteiger partial charge < -0.3 is 0 Å². The molecule has 2 fully saturated rings. The average molecular weight is 231 g/mol. The van der Waals surface area contributed by atoms with Crippen molar-refractivity contribution < 1.29 is 8.42 Å². The summed E-state index contributed by atoms with van der Waals surface area (Å²) in [5.74, 6) is 1.41. The Kier molecular flexibility index (Phi) is 2.84. The van der Waals surface area contributed by atoms with Crippen LogP contribution in [0.1, 0.15) is 39.5 Å². The second-order valence-corrected chi connectivity index (χ2v) is 7.34. The van der Waals surface area contributed by atoms with Gasteiger partial charge in [0.15, 0.2) is 0 Å². The van der Waals surface area contributed by atoms with Crippen molar-refractivity contribution in [1.82, 2.24) is 4.31 Å². The molecule has 15 heavy (non-hydrogen) atoms. The molecule has 2 saturated heterocycles. The van der Waals surface area contributed by atoms with E-state index in [-0.39, 0.29) is 0 Å². The number of nitrogens with zero attached hydrogens (tertiary/aromatic N) is 1. The zero-order valence-corrected chi connectivity index (χ0v) is 10.6. The molecule has 2 bridgehead atoms. The molecular formula is C11H21NO2S. The van der Waals surface area contributed by atoms with Crippen LogP contribution in [-0.2, 0) is 10.0 Å². The Morgan fingerprint density at radius 2 is 1.60 bits per heavy atom. The van der Waals surface area contributed by atoms with E-state index in [9.17, 15) is 8.42 Å². The molecule has 0 unspecified atom stereocenters. The Morgan fingerprint density at radius 1 is 1.13 bits per heavy atom. The summed E-state index contributed by atoms with van der Waals surface area (Å²) in [7, 11) is -2.98. The molecule has 0 aromatic rings. The third-order valence-corrected chi connectivity index (χ3v) is 5.39. The van der Waals surface area contributed by atoms with Crippen molar-refractivity contribution in [2.75, 3.05) is 6.26 Å². The number of fused-ring (bicyclic) bond motifs is 2. The monoisotopic (exact) mass is 231 g/mol. The first-order chi connectivity index (χ1) is 6.89. The topological polar surface area (TPSA) is 37.4 Å². The average Bonchev–Trinajstić information content (AvgIpc) is 2.37. The minimum atomic E-state index is -2.98. The van der Waals surface area contributed by atoms with E-state index in [2.05, 4.69) is 13.8 Å². The van der Waals surface area contributed by atoms with Crippen LogP contribution in [0.5, 0.6) is 0 Å². The molecule has 0 aliphatic carbocycles. The van der Waals surface area contributed by atoms with Gasteiger partial charge in [0.1, 0.15) is 0 Å². The summed E-state index contributed by atoms with van der Waals surface area (Å²) in [5, 5.41) is 0. The molecule has 0 N–H and O–H groups in total. The number of hydrogen-bond donors (Lipinski definition) is 0. The van der Waals surface area contributed by atoms with Gasteiger partial charge in [-0.15, -0.1) is 0 Å². The van der Waals surface area contributed by atoms with Gasteiger partial charge in [-0.1, -0.05) is 13.8 Å². The van der Waals surface area contributed by atoms with Gasteiger partial charge in [0.2, 0.25) is 10.0 Å². The first-order valence-electron chi connectivity index (χ1n) is 5.88. The number of piperidine rings is 1. The Morgan fingerprint density at radius 3 is 1.93 bits per heavy atom. The van der Waals surface area contributed by atoms with Gasteiger partial charge in [-0.3, -0.25) is 0 Å². The minimum Gasteiger partial charge on any atom is -0.212 e. The van der Waals surface area contributed by atoms with Crippen LogP contribution in [0.3, 0.4) is 0 Å². The van der Waals surface area contributed by atoms with Gasteiger partial charge in [-0.2, -0.15) is 4.31 Å². The van der Waals surface area contributed by atoms with E-state index < -0.39 is 10.0 Å². The van der Waals surface area contributed by atoms with E-state index >= 15 is 0 Å².